The maximum Gasteiger partial charge on any atom is 0.329 e. The molecule has 1 saturated heterocycles. The SMILES string of the molecule is O=C1NC(=Cc2c(F)cccc2Cl)C(=O)N1Cc1ccc(F)cc1. The van der Waals surface area contributed by atoms with Gasteiger partial charge in [0.2, 0.25) is 0 Å². The van der Waals surface area contributed by atoms with Gasteiger partial charge in [0.05, 0.1) is 11.6 Å². The zero-order valence-electron chi connectivity index (χ0n) is 12.2. The smallest absolute Gasteiger partial charge is 0.303 e. The van der Waals surface area contributed by atoms with Gasteiger partial charge in [-0.3, -0.25) is 9.69 Å². The molecule has 1 aliphatic heterocycles. The molecule has 0 unspecified atom stereocenters. The molecule has 24 heavy (non-hydrogen) atoms. The summed E-state index contributed by atoms with van der Waals surface area (Å²) in [6.45, 7) is -0.0205. The summed E-state index contributed by atoms with van der Waals surface area (Å²) in [6.07, 6.45) is 1.20. The quantitative estimate of drug-likeness (QED) is 0.679. The number of benzene rings is 2. The topological polar surface area (TPSA) is 49.4 Å². The largest absolute Gasteiger partial charge is 0.329 e. The third-order valence-electron chi connectivity index (χ3n) is 3.50. The standard InChI is InChI=1S/C17H11ClF2N2O2/c18-13-2-1-3-14(20)12(13)8-15-16(23)22(17(24)21-15)9-10-4-6-11(19)7-5-10/h1-8H,9H2,(H,21,24). The average Bonchev–Trinajstić information content (AvgIpc) is 2.80. The van der Waals surface area contributed by atoms with Gasteiger partial charge in [-0.05, 0) is 35.9 Å². The lowest BCUT2D eigenvalue weighted by Crippen LogP contribution is -2.30. The average molecular weight is 349 g/mol. The van der Waals surface area contributed by atoms with Gasteiger partial charge in [0.15, 0.2) is 0 Å². The fraction of sp³-hybridized carbons (Fsp3) is 0.0588. The summed E-state index contributed by atoms with van der Waals surface area (Å²) < 4.78 is 26.7. The van der Waals surface area contributed by atoms with Crippen molar-refractivity contribution in [2.75, 3.05) is 0 Å². The summed E-state index contributed by atoms with van der Waals surface area (Å²) in [5.74, 6) is -1.62. The van der Waals surface area contributed by atoms with E-state index in [0.29, 0.717) is 5.56 Å². The van der Waals surface area contributed by atoms with Crippen LogP contribution in [0, 0.1) is 11.6 Å². The van der Waals surface area contributed by atoms with Gasteiger partial charge in [-0.15, -0.1) is 0 Å². The zero-order chi connectivity index (χ0) is 17.3. The second-order valence-electron chi connectivity index (χ2n) is 5.14. The molecule has 122 valence electrons. The summed E-state index contributed by atoms with van der Waals surface area (Å²) in [7, 11) is 0. The van der Waals surface area contributed by atoms with E-state index in [1.165, 1.54) is 48.5 Å². The van der Waals surface area contributed by atoms with Crippen LogP contribution in [0.25, 0.3) is 6.08 Å². The van der Waals surface area contributed by atoms with E-state index >= 15 is 0 Å². The number of carbonyl (C=O) groups excluding carboxylic acids is 2. The minimum atomic E-state index is -0.636. The lowest BCUT2D eigenvalue weighted by Gasteiger charge is -2.11. The molecule has 1 aliphatic rings. The molecule has 0 atom stereocenters. The van der Waals surface area contributed by atoms with Gasteiger partial charge >= 0.3 is 6.03 Å². The molecule has 1 N–H and O–H groups in total. The second-order valence-corrected chi connectivity index (χ2v) is 5.55. The number of urea groups is 1. The van der Waals surface area contributed by atoms with Crippen LogP contribution in [0.2, 0.25) is 5.02 Å². The van der Waals surface area contributed by atoms with Crippen LogP contribution >= 0.6 is 11.6 Å². The van der Waals surface area contributed by atoms with E-state index < -0.39 is 23.6 Å². The molecule has 0 aliphatic carbocycles. The summed E-state index contributed by atoms with van der Waals surface area (Å²) in [5.41, 5.74) is 0.533. The molecule has 3 amide bonds. The van der Waals surface area contributed by atoms with Crippen molar-refractivity contribution in [3.8, 4) is 0 Å². The molecule has 0 aromatic heterocycles. The van der Waals surface area contributed by atoms with Crippen molar-refractivity contribution >= 4 is 29.6 Å². The molecule has 0 saturated carbocycles. The van der Waals surface area contributed by atoms with Gasteiger partial charge in [0, 0.05) is 5.56 Å². The molecule has 7 heteroatoms. The number of nitrogens with zero attached hydrogens (tertiary/aromatic N) is 1. The normalized spacial score (nSPS) is 16.0. The molecule has 2 aromatic rings. The number of imide groups is 1. The van der Waals surface area contributed by atoms with Crippen molar-refractivity contribution in [3.05, 3.63) is 75.9 Å². The third-order valence-corrected chi connectivity index (χ3v) is 3.83. The number of amides is 3. The Morgan fingerprint density at radius 1 is 1.08 bits per heavy atom. The first-order valence-corrected chi connectivity index (χ1v) is 7.36. The molecule has 0 bridgehead atoms. The van der Waals surface area contributed by atoms with E-state index in [9.17, 15) is 18.4 Å². The number of hydrogen-bond acceptors (Lipinski definition) is 2. The van der Waals surface area contributed by atoms with Crippen LogP contribution in [0.4, 0.5) is 13.6 Å². The van der Waals surface area contributed by atoms with Gasteiger partial charge in [0.25, 0.3) is 5.91 Å². The predicted molar refractivity (Wildman–Crippen MR) is 84.9 cm³/mol. The van der Waals surface area contributed by atoms with Crippen molar-refractivity contribution in [1.29, 1.82) is 0 Å². The second kappa shape index (κ2) is 6.41. The Balaban J connectivity index is 1.86. The Morgan fingerprint density at radius 2 is 1.79 bits per heavy atom. The first-order valence-electron chi connectivity index (χ1n) is 6.98. The minimum absolute atomic E-state index is 0.0199. The highest BCUT2D eigenvalue weighted by molar-refractivity contribution is 6.32. The maximum atomic E-state index is 13.8. The number of rotatable bonds is 3. The van der Waals surface area contributed by atoms with E-state index in [4.69, 9.17) is 11.6 Å². The lowest BCUT2D eigenvalue weighted by molar-refractivity contribution is -0.123. The van der Waals surface area contributed by atoms with Crippen molar-refractivity contribution in [3.63, 3.8) is 0 Å². The number of carbonyl (C=O) groups is 2. The Bertz CT molecular complexity index is 830. The molecule has 1 fully saturated rings. The Morgan fingerprint density at radius 3 is 2.46 bits per heavy atom. The molecule has 4 nitrogen and oxygen atoms in total. The van der Waals surface area contributed by atoms with Crippen LogP contribution in [0.1, 0.15) is 11.1 Å². The number of hydrogen-bond donors (Lipinski definition) is 1. The summed E-state index contributed by atoms with van der Waals surface area (Å²) >= 11 is 5.92. The van der Waals surface area contributed by atoms with Crippen LogP contribution in [0.15, 0.2) is 48.2 Å². The molecular weight excluding hydrogens is 338 g/mol. The highest BCUT2D eigenvalue weighted by Crippen LogP contribution is 2.24. The van der Waals surface area contributed by atoms with Gasteiger partial charge in [-0.25, -0.2) is 13.6 Å². The van der Waals surface area contributed by atoms with Crippen LogP contribution < -0.4 is 5.32 Å². The first kappa shape index (κ1) is 16.1. The van der Waals surface area contributed by atoms with E-state index in [2.05, 4.69) is 5.32 Å². The van der Waals surface area contributed by atoms with Crippen molar-refractivity contribution in [1.82, 2.24) is 10.2 Å². The van der Waals surface area contributed by atoms with Crippen molar-refractivity contribution in [2.45, 2.75) is 6.54 Å². The minimum Gasteiger partial charge on any atom is -0.303 e. The third kappa shape index (κ3) is 3.14. The van der Waals surface area contributed by atoms with Gasteiger partial charge in [-0.1, -0.05) is 29.8 Å². The maximum absolute atomic E-state index is 13.8. The summed E-state index contributed by atoms with van der Waals surface area (Å²) in [4.78, 5) is 25.3. The number of nitrogens with one attached hydrogen (secondary N) is 1. The molecular formula is C17H11ClF2N2O2. The Kier molecular flexibility index (Phi) is 4.31. The highest BCUT2D eigenvalue weighted by Gasteiger charge is 2.33. The molecule has 0 spiro atoms. The number of halogens is 3. The van der Waals surface area contributed by atoms with E-state index in [0.717, 1.165) is 4.90 Å². The molecule has 0 radical (unpaired) electrons. The zero-order valence-corrected chi connectivity index (χ0v) is 13.0. The fourth-order valence-electron chi connectivity index (χ4n) is 2.28. The van der Waals surface area contributed by atoms with Gasteiger partial charge in [0.1, 0.15) is 17.3 Å². The van der Waals surface area contributed by atoms with Crippen molar-refractivity contribution < 1.29 is 18.4 Å². The van der Waals surface area contributed by atoms with Gasteiger partial charge < -0.3 is 5.32 Å². The van der Waals surface area contributed by atoms with E-state index in [1.54, 1.807) is 0 Å². The fourth-order valence-corrected chi connectivity index (χ4v) is 2.50. The summed E-state index contributed by atoms with van der Waals surface area (Å²) in [6, 6.07) is 8.92. The first-order chi connectivity index (χ1) is 11.5. The van der Waals surface area contributed by atoms with E-state index in [-0.39, 0.29) is 22.8 Å². The molecule has 2 aromatic carbocycles. The monoisotopic (exact) mass is 348 g/mol. The van der Waals surface area contributed by atoms with Crippen molar-refractivity contribution in [2.24, 2.45) is 0 Å². The highest BCUT2D eigenvalue weighted by atomic mass is 35.5. The predicted octanol–water partition coefficient (Wildman–Crippen LogP) is 3.71. The van der Waals surface area contributed by atoms with E-state index in [1.807, 2.05) is 0 Å². The molecule has 1 heterocycles. The lowest BCUT2D eigenvalue weighted by atomic mass is 10.1. The van der Waals surface area contributed by atoms with Crippen LogP contribution in [0.5, 0.6) is 0 Å². The molecule has 3 rings (SSSR count). The Hall–Kier alpha value is -2.73. The van der Waals surface area contributed by atoms with Crippen LogP contribution in [-0.4, -0.2) is 16.8 Å². The Labute approximate surface area is 141 Å². The van der Waals surface area contributed by atoms with Crippen LogP contribution in [-0.2, 0) is 11.3 Å². The summed E-state index contributed by atoms with van der Waals surface area (Å²) in [5, 5.41) is 2.51. The van der Waals surface area contributed by atoms with Gasteiger partial charge in [-0.2, -0.15) is 0 Å². The van der Waals surface area contributed by atoms with Crippen LogP contribution in [0.3, 0.4) is 0 Å².